The molecule has 25 heavy (non-hydrogen) atoms. The van der Waals surface area contributed by atoms with Crippen LogP contribution in [0.4, 0.5) is 5.69 Å². The van der Waals surface area contributed by atoms with E-state index in [0.717, 1.165) is 6.41 Å². The Balaban J connectivity index is 1.44. The second-order valence-corrected chi connectivity index (χ2v) is 5.71. The number of ether oxygens (including phenoxy) is 2. The largest absolute Gasteiger partial charge is 0.459 e. The molecule has 0 radical (unpaired) electrons. The van der Waals surface area contributed by atoms with Crippen molar-refractivity contribution in [1.29, 1.82) is 0 Å². The molecule has 0 saturated carbocycles. The molecule has 2 amide bonds. The lowest BCUT2D eigenvalue weighted by atomic mass is 10.2. The van der Waals surface area contributed by atoms with Gasteiger partial charge in [-0.15, -0.1) is 0 Å². The summed E-state index contributed by atoms with van der Waals surface area (Å²) in [6.45, 7) is 2.29. The molecule has 8 heteroatoms. The van der Waals surface area contributed by atoms with Crippen LogP contribution in [0.1, 0.15) is 10.6 Å². The van der Waals surface area contributed by atoms with E-state index in [1.165, 1.54) is 11.3 Å². The molecule has 2 aliphatic rings. The third kappa shape index (κ3) is 2.91. The molecule has 8 nitrogen and oxygen atoms in total. The Morgan fingerprint density at radius 3 is 2.60 bits per heavy atom. The third-order valence-corrected chi connectivity index (χ3v) is 4.30. The number of benzene rings is 1. The summed E-state index contributed by atoms with van der Waals surface area (Å²) in [5.74, 6) is 1.49. The first-order chi connectivity index (χ1) is 12.3. The Hall–Kier alpha value is -3.00. The number of anilines is 1. The fraction of sp³-hybridized carbons (Fsp3) is 0.294. The van der Waals surface area contributed by atoms with Gasteiger partial charge in [-0.05, 0) is 24.3 Å². The van der Waals surface area contributed by atoms with Crippen LogP contribution in [0.5, 0.6) is 11.5 Å². The monoisotopic (exact) mass is 343 g/mol. The van der Waals surface area contributed by atoms with Crippen molar-refractivity contribution in [3.8, 4) is 11.5 Å². The average molecular weight is 343 g/mol. The Bertz CT molecular complexity index is 769. The first kappa shape index (κ1) is 15.5. The minimum atomic E-state index is -0.134. The number of carbonyl (C=O) groups is 2. The molecule has 0 unspecified atom stereocenters. The maximum Gasteiger partial charge on any atom is 0.289 e. The number of nitrogens with zero attached hydrogens (tertiary/aromatic N) is 3. The Morgan fingerprint density at radius 2 is 1.88 bits per heavy atom. The second-order valence-electron chi connectivity index (χ2n) is 5.71. The molecule has 3 heterocycles. The van der Waals surface area contributed by atoms with Crippen LogP contribution in [0, 0.1) is 0 Å². The van der Waals surface area contributed by atoms with Gasteiger partial charge in [-0.3, -0.25) is 9.59 Å². The van der Waals surface area contributed by atoms with Gasteiger partial charge in [0.15, 0.2) is 17.3 Å². The molecule has 130 valence electrons. The standard InChI is InChI=1S/C17H17N3O5/c21-11-20(13-3-4-14-16(10-13)25-12-24-14)19-7-5-18(6-8-19)17(22)15-2-1-9-23-15/h1-4,9-11H,5-8,12H2. The lowest BCUT2D eigenvalue weighted by Crippen LogP contribution is -2.54. The molecule has 0 bridgehead atoms. The molecule has 0 spiro atoms. The second kappa shape index (κ2) is 6.48. The van der Waals surface area contributed by atoms with Crippen LogP contribution in [0.2, 0.25) is 0 Å². The Labute approximate surface area is 144 Å². The van der Waals surface area contributed by atoms with Crippen molar-refractivity contribution in [2.45, 2.75) is 0 Å². The van der Waals surface area contributed by atoms with Crippen LogP contribution >= 0.6 is 0 Å². The predicted octanol–water partition coefficient (Wildman–Crippen LogP) is 1.34. The topological polar surface area (TPSA) is 75.5 Å². The van der Waals surface area contributed by atoms with Gasteiger partial charge >= 0.3 is 0 Å². The van der Waals surface area contributed by atoms with Crippen molar-refractivity contribution < 1.29 is 23.5 Å². The van der Waals surface area contributed by atoms with Gasteiger partial charge in [-0.2, -0.15) is 0 Å². The van der Waals surface area contributed by atoms with E-state index in [4.69, 9.17) is 13.9 Å². The molecule has 1 aromatic heterocycles. The highest BCUT2D eigenvalue weighted by Crippen LogP contribution is 2.35. The highest BCUT2D eigenvalue weighted by Gasteiger charge is 2.27. The lowest BCUT2D eigenvalue weighted by Gasteiger charge is -2.39. The average Bonchev–Trinajstić information content (AvgIpc) is 3.34. The highest BCUT2D eigenvalue weighted by molar-refractivity contribution is 5.91. The van der Waals surface area contributed by atoms with Gasteiger partial charge < -0.3 is 18.8 Å². The highest BCUT2D eigenvalue weighted by atomic mass is 16.7. The summed E-state index contributed by atoms with van der Waals surface area (Å²) in [5.41, 5.74) is 0.699. The fourth-order valence-corrected chi connectivity index (χ4v) is 2.99. The van der Waals surface area contributed by atoms with Crippen molar-refractivity contribution in [1.82, 2.24) is 9.91 Å². The van der Waals surface area contributed by atoms with Crippen molar-refractivity contribution in [2.75, 3.05) is 38.0 Å². The molecular weight excluding hydrogens is 326 g/mol. The zero-order valence-electron chi connectivity index (χ0n) is 13.5. The number of carbonyl (C=O) groups excluding carboxylic acids is 2. The SMILES string of the molecule is O=CN(c1ccc2c(c1)OCO2)N1CCN(C(=O)c2ccco2)CC1. The van der Waals surface area contributed by atoms with Crippen LogP contribution < -0.4 is 14.5 Å². The summed E-state index contributed by atoms with van der Waals surface area (Å²) in [6, 6.07) is 8.71. The van der Waals surface area contributed by atoms with Crippen LogP contribution in [0.3, 0.4) is 0 Å². The molecule has 0 atom stereocenters. The zero-order valence-corrected chi connectivity index (χ0v) is 13.5. The summed E-state index contributed by atoms with van der Waals surface area (Å²) in [6.07, 6.45) is 2.25. The van der Waals surface area contributed by atoms with Gasteiger partial charge in [0.1, 0.15) is 0 Å². The molecule has 1 aromatic carbocycles. The smallest absolute Gasteiger partial charge is 0.289 e. The maximum atomic E-state index is 12.3. The molecule has 2 aliphatic heterocycles. The van der Waals surface area contributed by atoms with E-state index < -0.39 is 0 Å². The summed E-state index contributed by atoms with van der Waals surface area (Å²) in [4.78, 5) is 25.6. The summed E-state index contributed by atoms with van der Waals surface area (Å²) in [5, 5.41) is 3.44. The molecule has 4 rings (SSSR count). The summed E-state index contributed by atoms with van der Waals surface area (Å²) >= 11 is 0. The first-order valence-corrected chi connectivity index (χ1v) is 7.98. The van der Waals surface area contributed by atoms with Gasteiger partial charge in [0.25, 0.3) is 5.91 Å². The number of rotatable bonds is 4. The molecular formula is C17H17N3O5. The third-order valence-electron chi connectivity index (χ3n) is 4.30. The van der Waals surface area contributed by atoms with E-state index in [9.17, 15) is 9.59 Å². The van der Waals surface area contributed by atoms with Gasteiger partial charge in [-0.25, -0.2) is 10.0 Å². The number of fused-ring (bicyclic) bond motifs is 1. The Kier molecular flexibility index (Phi) is 4.02. The number of hydrazine groups is 1. The van der Waals surface area contributed by atoms with E-state index >= 15 is 0 Å². The van der Waals surface area contributed by atoms with Crippen LogP contribution in [0.15, 0.2) is 41.0 Å². The van der Waals surface area contributed by atoms with E-state index in [1.54, 1.807) is 29.2 Å². The van der Waals surface area contributed by atoms with Crippen LogP contribution in [-0.4, -0.2) is 55.2 Å². The lowest BCUT2D eigenvalue weighted by molar-refractivity contribution is -0.110. The van der Waals surface area contributed by atoms with E-state index in [1.807, 2.05) is 11.1 Å². The van der Waals surface area contributed by atoms with Gasteiger partial charge in [0.2, 0.25) is 13.2 Å². The number of hydrogen-bond donors (Lipinski definition) is 0. The van der Waals surface area contributed by atoms with Gasteiger partial charge in [0, 0.05) is 32.2 Å². The van der Waals surface area contributed by atoms with E-state index in [0.29, 0.717) is 49.1 Å². The van der Waals surface area contributed by atoms with E-state index in [-0.39, 0.29) is 12.7 Å². The quantitative estimate of drug-likeness (QED) is 0.780. The van der Waals surface area contributed by atoms with Gasteiger partial charge in [0.05, 0.1) is 12.0 Å². The van der Waals surface area contributed by atoms with Crippen molar-refractivity contribution >= 4 is 18.0 Å². The molecule has 1 fully saturated rings. The number of hydrogen-bond acceptors (Lipinski definition) is 6. The fourth-order valence-electron chi connectivity index (χ4n) is 2.99. The minimum absolute atomic E-state index is 0.134. The number of furan rings is 1. The Morgan fingerprint density at radius 1 is 1.08 bits per heavy atom. The minimum Gasteiger partial charge on any atom is -0.459 e. The van der Waals surface area contributed by atoms with Crippen molar-refractivity contribution in [3.05, 3.63) is 42.4 Å². The normalized spacial score (nSPS) is 16.7. The molecule has 1 saturated heterocycles. The maximum absolute atomic E-state index is 12.3. The van der Waals surface area contributed by atoms with Crippen molar-refractivity contribution in [3.63, 3.8) is 0 Å². The molecule has 0 aliphatic carbocycles. The van der Waals surface area contributed by atoms with Crippen LogP contribution in [0.25, 0.3) is 0 Å². The first-order valence-electron chi connectivity index (χ1n) is 7.98. The van der Waals surface area contributed by atoms with Crippen LogP contribution in [-0.2, 0) is 4.79 Å². The summed E-state index contributed by atoms with van der Waals surface area (Å²) in [7, 11) is 0. The molecule has 2 aromatic rings. The summed E-state index contributed by atoms with van der Waals surface area (Å²) < 4.78 is 15.8. The predicted molar refractivity (Wildman–Crippen MR) is 87.3 cm³/mol. The van der Waals surface area contributed by atoms with Crippen molar-refractivity contribution in [2.24, 2.45) is 0 Å². The van der Waals surface area contributed by atoms with E-state index in [2.05, 4.69) is 0 Å². The number of piperazine rings is 1. The molecule has 0 N–H and O–H groups in total. The number of amides is 2. The zero-order chi connectivity index (χ0) is 17.2. The van der Waals surface area contributed by atoms with Gasteiger partial charge in [-0.1, -0.05) is 0 Å².